The molecule has 0 aliphatic rings. The number of nitrogens with one attached hydrogen (secondary N) is 2. The van der Waals surface area contributed by atoms with Gasteiger partial charge in [-0.15, -0.1) is 10.2 Å². The summed E-state index contributed by atoms with van der Waals surface area (Å²) in [6, 6.07) is 3.70. The van der Waals surface area contributed by atoms with Gasteiger partial charge in [-0.25, -0.2) is 9.78 Å². The number of anilines is 1. The fourth-order valence-corrected chi connectivity index (χ4v) is 3.05. The van der Waals surface area contributed by atoms with Crippen molar-refractivity contribution in [3.63, 3.8) is 0 Å². The van der Waals surface area contributed by atoms with Crippen LogP contribution in [-0.4, -0.2) is 59.6 Å². The highest BCUT2D eigenvalue weighted by atomic mass is 16.5. The molecule has 3 aromatic rings. The number of alkyl carbamates (subject to hydrolysis) is 1. The van der Waals surface area contributed by atoms with Crippen LogP contribution in [0, 0.1) is 6.92 Å². The van der Waals surface area contributed by atoms with Gasteiger partial charge in [-0.1, -0.05) is 12.7 Å². The highest BCUT2D eigenvalue weighted by Gasteiger charge is 2.16. The first-order chi connectivity index (χ1) is 14.6. The van der Waals surface area contributed by atoms with Gasteiger partial charge in [0.1, 0.15) is 12.4 Å². The maximum Gasteiger partial charge on any atom is 0.407 e. The molecule has 1 amide bonds. The van der Waals surface area contributed by atoms with Crippen LogP contribution in [0.5, 0.6) is 11.5 Å². The first-order valence-corrected chi connectivity index (χ1v) is 9.62. The molecule has 0 aliphatic heterocycles. The summed E-state index contributed by atoms with van der Waals surface area (Å²) in [4.78, 5) is 16.1. The van der Waals surface area contributed by atoms with Crippen LogP contribution >= 0.6 is 0 Å². The molecule has 10 nitrogen and oxygen atoms in total. The molecule has 0 unspecified atom stereocenters. The molecule has 0 bridgehead atoms. The molecule has 0 spiro atoms. The first-order valence-electron chi connectivity index (χ1n) is 9.62. The van der Waals surface area contributed by atoms with E-state index in [-0.39, 0.29) is 6.61 Å². The highest BCUT2D eigenvalue weighted by Crippen LogP contribution is 2.33. The summed E-state index contributed by atoms with van der Waals surface area (Å²) in [6.07, 6.45) is 2.70. The number of amides is 1. The van der Waals surface area contributed by atoms with Crippen molar-refractivity contribution in [1.82, 2.24) is 24.9 Å². The lowest BCUT2D eigenvalue weighted by molar-refractivity contribution is 0.158. The molecule has 2 aromatic heterocycles. The van der Waals surface area contributed by atoms with Gasteiger partial charge in [0.15, 0.2) is 17.3 Å². The average Bonchev–Trinajstić information content (AvgIpc) is 3.15. The van der Waals surface area contributed by atoms with Gasteiger partial charge in [-0.2, -0.15) is 0 Å². The number of benzene rings is 1. The minimum absolute atomic E-state index is 0.200. The maximum absolute atomic E-state index is 11.4. The molecular weight excluding hydrogens is 388 g/mol. The molecule has 0 saturated carbocycles. The Morgan fingerprint density at radius 3 is 2.63 bits per heavy atom. The first kappa shape index (κ1) is 21.2. The second kappa shape index (κ2) is 9.77. The molecule has 1 aromatic carbocycles. The van der Waals surface area contributed by atoms with E-state index in [1.165, 1.54) is 6.08 Å². The molecule has 0 fully saturated rings. The Bertz CT molecular complexity index is 1050. The van der Waals surface area contributed by atoms with Crippen molar-refractivity contribution in [2.24, 2.45) is 0 Å². The third kappa shape index (κ3) is 4.53. The molecule has 2 heterocycles. The zero-order chi connectivity index (χ0) is 21.5. The number of rotatable bonds is 10. The van der Waals surface area contributed by atoms with Crippen LogP contribution in [0.15, 0.2) is 24.8 Å². The summed E-state index contributed by atoms with van der Waals surface area (Å²) in [7, 11) is 3.18. The van der Waals surface area contributed by atoms with E-state index < -0.39 is 6.09 Å². The van der Waals surface area contributed by atoms with E-state index >= 15 is 0 Å². The standard InChI is InChI=1S/C20H26N6O4/c1-5-10-30-20(27)22-9-7-6-8-21-18-19-25-24-13(2)26(19)15-12-17(29-4)16(28-3)11-14(15)23-18/h5,11-12H,1,6-10H2,2-4H3,(H,21,23)(H,22,27). The van der Waals surface area contributed by atoms with Gasteiger partial charge in [0.2, 0.25) is 5.65 Å². The van der Waals surface area contributed by atoms with E-state index in [1.807, 2.05) is 23.5 Å². The number of methoxy groups -OCH3 is 2. The van der Waals surface area contributed by atoms with Crippen molar-refractivity contribution in [2.75, 3.05) is 39.2 Å². The van der Waals surface area contributed by atoms with Crippen LogP contribution in [-0.2, 0) is 4.74 Å². The van der Waals surface area contributed by atoms with E-state index in [1.54, 1.807) is 14.2 Å². The Hall–Kier alpha value is -3.56. The maximum atomic E-state index is 11.4. The Labute approximate surface area is 174 Å². The van der Waals surface area contributed by atoms with Crippen LogP contribution in [0.1, 0.15) is 18.7 Å². The topological polar surface area (TPSA) is 112 Å². The number of hydrogen-bond donors (Lipinski definition) is 2. The monoisotopic (exact) mass is 414 g/mol. The normalized spacial score (nSPS) is 10.8. The summed E-state index contributed by atoms with van der Waals surface area (Å²) in [5, 5.41) is 14.5. The lowest BCUT2D eigenvalue weighted by atomic mass is 10.2. The number of ether oxygens (including phenoxy) is 3. The SMILES string of the molecule is C=CCOC(=O)NCCCCNc1nc2cc(OC)c(OC)cc2n2c(C)nnc12. The Balaban J connectivity index is 1.71. The van der Waals surface area contributed by atoms with Gasteiger partial charge in [0, 0.05) is 25.2 Å². The Kier molecular flexibility index (Phi) is 6.89. The number of aromatic nitrogens is 4. The summed E-state index contributed by atoms with van der Waals surface area (Å²) in [5.74, 6) is 2.59. The summed E-state index contributed by atoms with van der Waals surface area (Å²) < 4.78 is 17.6. The second-order valence-corrected chi connectivity index (χ2v) is 6.51. The third-order valence-electron chi connectivity index (χ3n) is 4.49. The molecule has 0 aliphatic carbocycles. The number of fused-ring (bicyclic) bond motifs is 3. The molecule has 0 saturated heterocycles. The highest BCUT2D eigenvalue weighted by molar-refractivity contribution is 5.85. The molecule has 3 rings (SSSR count). The molecule has 160 valence electrons. The molecule has 0 radical (unpaired) electrons. The third-order valence-corrected chi connectivity index (χ3v) is 4.49. The van der Waals surface area contributed by atoms with E-state index in [4.69, 9.17) is 19.2 Å². The van der Waals surface area contributed by atoms with E-state index in [9.17, 15) is 4.79 Å². The predicted octanol–water partition coefficient (Wildman–Crippen LogP) is 2.71. The van der Waals surface area contributed by atoms with E-state index in [0.717, 1.165) is 29.7 Å². The lowest BCUT2D eigenvalue weighted by Crippen LogP contribution is -2.25. The van der Waals surface area contributed by atoms with Gasteiger partial charge < -0.3 is 24.8 Å². The van der Waals surface area contributed by atoms with Crippen LogP contribution in [0.3, 0.4) is 0 Å². The molecule has 0 atom stereocenters. The minimum Gasteiger partial charge on any atom is -0.493 e. The van der Waals surface area contributed by atoms with Crippen molar-refractivity contribution >= 4 is 28.6 Å². The predicted molar refractivity (Wildman–Crippen MR) is 113 cm³/mol. The number of nitrogens with zero attached hydrogens (tertiary/aromatic N) is 4. The zero-order valence-electron chi connectivity index (χ0n) is 17.4. The number of aryl methyl sites for hydroxylation is 1. The minimum atomic E-state index is -0.441. The van der Waals surface area contributed by atoms with Gasteiger partial charge in [0.25, 0.3) is 0 Å². The lowest BCUT2D eigenvalue weighted by Gasteiger charge is -2.13. The molecule has 30 heavy (non-hydrogen) atoms. The summed E-state index contributed by atoms with van der Waals surface area (Å²) in [6.45, 7) is 6.78. The van der Waals surface area contributed by atoms with Gasteiger partial charge in [-0.3, -0.25) is 4.40 Å². The van der Waals surface area contributed by atoms with Crippen molar-refractivity contribution < 1.29 is 19.0 Å². The number of unbranched alkanes of at least 4 members (excludes halogenated alkanes) is 1. The van der Waals surface area contributed by atoms with Gasteiger partial charge in [0.05, 0.1) is 25.3 Å². The van der Waals surface area contributed by atoms with E-state index in [2.05, 4.69) is 27.4 Å². The average molecular weight is 414 g/mol. The van der Waals surface area contributed by atoms with Crippen molar-refractivity contribution in [3.05, 3.63) is 30.6 Å². The zero-order valence-corrected chi connectivity index (χ0v) is 17.4. The van der Waals surface area contributed by atoms with E-state index in [0.29, 0.717) is 36.1 Å². The molecule has 10 heteroatoms. The second-order valence-electron chi connectivity index (χ2n) is 6.51. The van der Waals surface area contributed by atoms with Crippen LogP contribution in [0.2, 0.25) is 0 Å². The molecule has 2 N–H and O–H groups in total. The Morgan fingerprint density at radius 2 is 1.90 bits per heavy atom. The van der Waals surface area contributed by atoms with Gasteiger partial charge >= 0.3 is 6.09 Å². The van der Waals surface area contributed by atoms with Crippen LogP contribution in [0.25, 0.3) is 16.7 Å². The van der Waals surface area contributed by atoms with Crippen molar-refractivity contribution in [1.29, 1.82) is 0 Å². The summed E-state index contributed by atoms with van der Waals surface area (Å²) in [5.41, 5.74) is 2.20. The quantitative estimate of drug-likeness (QED) is 0.385. The number of hydrogen-bond acceptors (Lipinski definition) is 8. The van der Waals surface area contributed by atoms with Crippen LogP contribution in [0.4, 0.5) is 10.6 Å². The largest absolute Gasteiger partial charge is 0.493 e. The fraction of sp³-hybridized carbons (Fsp3) is 0.400. The fourth-order valence-electron chi connectivity index (χ4n) is 3.05. The smallest absolute Gasteiger partial charge is 0.407 e. The molecular formula is C20H26N6O4. The van der Waals surface area contributed by atoms with Crippen LogP contribution < -0.4 is 20.1 Å². The number of carbonyl (C=O) groups excluding carboxylic acids is 1. The summed E-state index contributed by atoms with van der Waals surface area (Å²) >= 11 is 0. The number of carbonyl (C=O) groups is 1. The Morgan fingerprint density at radius 1 is 1.17 bits per heavy atom. The van der Waals surface area contributed by atoms with Crippen molar-refractivity contribution in [3.8, 4) is 11.5 Å². The van der Waals surface area contributed by atoms with Gasteiger partial charge in [-0.05, 0) is 19.8 Å². The van der Waals surface area contributed by atoms with Crippen molar-refractivity contribution in [2.45, 2.75) is 19.8 Å².